The van der Waals surface area contributed by atoms with Crippen LogP contribution in [0.4, 0.5) is 0 Å². The lowest BCUT2D eigenvalue weighted by atomic mass is 10.2. The summed E-state index contributed by atoms with van der Waals surface area (Å²) in [5.41, 5.74) is 0.875. The highest BCUT2D eigenvalue weighted by Gasteiger charge is 2.24. The van der Waals surface area contributed by atoms with Crippen LogP contribution in [0.3, 0.4) is 0 Å². The summed E-state index contributed by atoms with van der Waals surface area (Å²) >= 11 is 0. The predicted molar refractivity (Wildman–Crippen MR) is 78.7 cm³/mol. The number of rotatable bonds is 3. The van der Waals surface area contributed by atoms with Crippen LogP contribution in [0.15, 0.2) is 41.2 Å². The van der Waals surface area contributed by atoms with Crippen molar-refractivity contribution in [3.05, 3.63) is 36.8 Å². The molecule has 0 aliphatic carbocycles. The Bertz CT molecular complexity index is 727. The molecule has 0 spiro atoms. The highest BCUT2D eigenvalue weighted by atomic mass is 16.3. The van der Waals surface area contributed by atoms with E-state index in [4.69, 9.17) is 4.42 Å². The quantitative estimate of drug-likeness (QED) is 0.801. The van der Waals surface area contributed by atoms with Gasteiger partial charge in [0.1, 0.15) is 5.69 Å². The first-order chi connectivity index (χ1) is 10.3. The minimum absolute atomic E-state index is 0.466. The molecule has 4 rings (SSSR count). The number of hydrogen-bond donors (Lipinski definition) is 1. The Morgan fingerprint density at radius 3 is 2.90 bits per heavy atom. The molecule has 0 radical (unpaired) electrons. The molecular weight excluding hydrogens is 266 g/mol. The predicted octanol–water partition coefficient (Wildman–Crippen LogP) is 2.41. The van der Waals surface area contributed by atoms with Gasteiger partial charge in [-0.3, -0.25) is 5.10 Å². The number of nitrogens with zero attached hydrogens (tertiary/aromatic N) is 4. The van der Waals surface area contributed by atoms with Crippen LogP contribution in [0.25, 0.3) is 23.0 Å². The summed E-state index contributed by atoms with van der Waals surface area (Å²) < 4.78 is 8.15. The van der Waals surface area contributed by atoms with Crippen LogP contribution in [0.1, 0.15) is 12.5 Å². The van der Waals surface area contributed by atoms with Crippen molar-refractivity contribution in [2.24, 2.45) is 0 Å². The Kier molecular flexibility index (Phi) is 2.89. The number of nitrogens with one attached hydrogen (secondary N) is 1. The summed E-state index contributed by atoms with van der Waals surface area (Å²) in [6.45, 7) is 2.18. The monoisotopic (exact) mass is 283 g/mol. The molecule has 1 N–H and O–H groups in total. The van der Waals surface area contributed by atoms with Crippen molar-refractivity contribution in [2.75, 3.05) is 20.1 Å². The maximum absolute atomic E-state index is 5.93. The van der Waals surface area contributed by atoms with Crippen molar-refractivity contribution >= 4 is 0 Å². The van der Waals surface area contributed by atoms with E-state index in [1.807, 2.05) is 30.6 Å². The fraction of sp³-hybridized carbons (Fsp3) is 0.333. The molecule has 6 heteroatoms. The second kappa shape index (κ2) is 4.89. The van der Waals surface area contributed by atoms with Gasteiger partial charge in [0.2, 0.25) is 0 Å². The number of aromatic amines is 1. The molecule has 0 bridgehead atoms. The molecule has 0 aromatic carbocycles. The molecule has 1 atom stereocenters. The molecule has 108 valence electrons. The Hall–Kier alpha value is -2.34. The highest BCUT2D eigenvalue weighted by Crippen LogP contribution is 2.30. The van der Waals surface area contributed by atoms with Gasteiger partial charge in [0, 0.05) is 31.2 Å². The summed E-state index contributed by atoms with van der Waals surface area (Å²) in [6, 6.07) is 6.27. The molecule has 1 saturated heterocycles. The van der Waals surface area contributed by atoms with Crippen molar-refractivity contribution < 1.29 is 4.42 Å². The lowest BCUT2D eigenvalue weighted by Gasteiger charge is -2.14. The average Bonchev–Trinajstić information content (AvgIpc) is 3.25. The molecule has 0 amide bonds. The fourth-order valence-corrected chi connectivity index (χ4v) is 2.93. The smallest absolute Gasteiger partial charge is 0.176 e. The van der Waals surface area contributed by atoms with Crippen molar-refractivity contribution in [2.45, 2.75) is 12.5 Å². The van der Waals surface area contributed by atoms with E-state index in [1.165, 1.54) is 0 Å². The first kappa shape index (κ1) is 12.4. The van der Waals surface area contributed by atoms with Gasteiger partial charge in [-0.05, 0) is 38.2 Å². The van der Waals surface area contributed by atoms with Crippen molar-refractivity contribution in [1.29, 1.82) is 0 Å². The van der Waals surface area contributed by atoms with E-state index in [-0.39, 0.29) is 0 Å². The summed E-state index contributed by atoms with van der Waals surface area (Å²) in [4.78, 5) is 6.82. The lowest BCUT2D eigenvalue weighted by molar-refractivity contribution is 0.392. The van der Waals surface area contributed by atoms with Crippen LogP contribution in [0, 0.1) is 0 Å². The summed E-state index contributed by atoms with van der Waals surface area (Å²) in [5, 5.41) is 6.86. The van der Waals surface area contributed by atoms with Gasteiger partial charge in [-0.1, -0.05) is 0 Å². The maximum Gasteiger partial charge on any atom is 0.176 e. The third-order valence-electron chi connectivity index (χ3n) is 4.02. The highest BCUT2D eigenvalue weighted by molar-refractivity contribution is 5.58. The lowest BCUT2D eigenvalue weighted by Crippen LogP contribution is -2.16. The summed E-state index contributed by atoms with van der Waals surface area (Å²) in [5.74, 6) is 2.46. The van der Waals surface area contributed by atoms with Gasteiger partial charge in [-0.2, -0.15) is 5.10 Å². The van der Waals surface area contributed by atoms with Gasteiger partial charge in [0.15, 0.2) is 17.3 Å². The van der Waals surface area contributed by atoms with E-state index in [0.717, 1.165) is 42.5 Å². The van der Waals surface area contributed by atoms with Crippen LogP contribution in [0.5, 0.6) is 0 Å². The topological polar surface area (TPSA) is 62.9 Å². The maximum atomic E-state index is 5.93. The SMILES string of the molecule is CN1CCC(n2ccnc2-c2ccc(-c3ccn[nH]3)o2)C1. The van der Waals surface area contributed by atoms with Crippen molar-refractivity contribution in [1.82, 2.24) is 24.6 Å². The zero-order valence-electron chi connectivity index (χ0n) is 11.9. The van der Waals surface area contributed by atoms with Crippen LogP contribution in [-0.2, 0) is 0 Å². The first-order valence-corrected chi connectivity index (χ1v) is 7.12. The molecule has 1 fully saturated rings. The Labute approximate surface area is 122 Å². The van der Waals surface area contributed by atoms with Gasteiger partial charge >= 0.3 is 0 Å². The Morgan fingerprint density at radius 2 is 2.14 bits per heavy atom. The number of furan rings is 1. The molecule has 3 aromatic rings. The number of likely N-dealkylation sites (tertiary alicyclic amines) is 1. The minimum atomic E-state index is 0.466. The normalized spacial score (nSPS) is 19.4. The van der Waals surface area contributed by atoms with Crippen LogP contribution in [-0.4, -0.2) is 44.8 Å². The van der Waals surface area contributed by atoms with Crippen molar-refractivity contribution in [3.8, 4) is 23.0 Å². The van der Waals surface area contributed by atoms with E-state index >= 15 is 0 Å². The largest absolute Gasteiger partial charge is 0.451 e. The third kappa shape index (κ3) is 2.17. The second-order valence-corrected chi connectivity index (χ2v) is 5.50. The zero-order valence-corrected chi connectivity index (χ0v) is 11.9. The van der Waals surface area contributed by atoms with Crippen LogP contribution < -0.4 is 0 Å². The molecule has 21 heavy (non-hydrogen) atoms. The molecule has 3 aromatic heterocycles. The van der Waals surface area contributed by atoms with Gasteiger partial charge in [-0.25, -0.2) is 4.98 Å². The Morgan fingerprint density at radius 1 is 1.24 bits per heavy atom. The number of imidazole rings is 1. The van der Waals surface area contributed by atoms with Gasteiger partial charge < -0.3 is 13.9 Å². The van der Waals surface area contributed by atoms with E-state index in [1.54, 1.807) is 6.20 Å². The molecule has 1 unspecified atom stereocenters. The van der Waals surface area contributed by atoms with Crippen molar-refractivity contribution in [3.63, 3.8) is 0 Å². The van der Waals surface area contributed by atoms with E-state index in [2.05, 4.69) is 31.7 Å². The second-order valence-electron chi connectivity index (χ2n) is 5.50. The zero-order chi connectivity index (χ0) is 14.2. The van der Waals surface area contributed by atoms with E-state index in [9.17, 15) is 0 Å². The molecule has 4 heterocycles. The molecular formula is C15H17N5O. The van der Waals surface area contributed by atoms with Crippen LogP contribution in [0.2, 0.25) is 0 Å². The van der Waals surface area contributed by atoms with Gasteiger partial charge in [0.05, 0.1) is 0 Å². The van der Waals surface area contributed by atoms with E-state index in [0.29, 0.717) is 6.04 Å². The van der Waals surface area contributed by atoms with Gasteiger partial charge in [-0.15, -0.1) is 0 Å². The summed E-state index contributed by atoms with van der Waals surface area (Å²) in [6.07, 6.45) is 6.74. The standard InChI is InChI=1S/C15H17N5O/c1-19-8-5-11(10-19)20-9-7-16-15(20)14-3-2-13(21-14)12-4-6-17-18-12/h2-4,6-7,9,11H,5,8,10H2,1H3,(H,17,18). The minimum Gasteiger partial charge on any atom is -0.451 e. The third-order valence-corrected chi connectivity index (χ3v) is 4.02. The summed E-state index contributed by atoms with van der Waals surface area (Å²) in [7, 11) is 2.15. The van der Waals surface area contributed by atoms with E-state index < -0.39 is 0 Å². The number of likely N-dealkylation sites (N-methyl/N-ethyl adjacent to an activating group) is 1. The fourth-order valence-electron chi connectivity index (χ4n) is 2.93. The van der Waals surface area contributed by atoms with Crippen LogP contribution >= 0.6 is 0 Å². The Balaban J connectivity index is 1.67. The number of aromatic nitrogens is 4. The molecule has 6 nitrogen and oxygen atoms in total. The molecule has 0 saturated carbocycles. The average molecular weight is 283 g/mol. The number of H-pyrrole nitrogens is 1. The molecule has 1 aliphatic heterocycles. The van der Waals surface area contributed by atoms with Gasteiger partial charge in [0.25, 0.3) is 0 Å². The first-order valence-electron chi connectivity index (χ1n) is 7.12. The molecule has 1 aliphatic rings. The number of hydrogen-bond acceptors (Lipinski definition) is 4.